The van der Waals surface area contributed by atoms with Gasteiger partial charge in [0.1, 0.15) is 0 Å². The Bertz CT molecular complexity index is 3040. The predicted molar refractivity (Wildman–Crippen MR) is 268 cm³/mol. The predicted octanol–water partition coefficient (Wildman–Crippen LogP) is 14.6. The molecule has 64 heavy (non-hydrogen) atoms. The van der Waals surface area contributed by atoms with Gasteiger partial charge >= 0.3 is 0 Å². The summed E-state index contributed by atoms with van der Waals surface area (Å²) >= 11 is 0. The van der Waals surface area contributed by atoms with Crippen molar-refractivity contribution in [1.29, 1.82) is 0 Å². The summed E-state index contributed by atoms with van der Waals surface area (Å²) in [6, 6.07) is 51.3. The van der Waals surface area contributed by atoms with E-state index in [1.807, 2.05) is 30.3 Å². The van der Waals surface area contributed by atoms with Crippen LogP contribution in [0.3, 0.4) is 0 Å². The van der Waals surface area contributed by atoms with Gasteiger partial charge in [0.2, 0.25) is 5.71 Å². The summed E-state index contributed by atoms with van der Waals surface area (Å²) in [5.41, 5.74) is 13.9. The van der Waals surface area contributed by atoms with Crippen molar-refractivity contribution < 1.29 is 24.5 Å². The molecule has 0 saturated carbocycles. The fraction of sp³-hybridized carbons (Fsp3) is 0.281. The molecule has 7 heteroatoms. The van der Waals surface area contributed by atoms with Gasteiger partial charge in [-0.2, -0.15) is 0 Å². The van der Waals surface area contributed by atoms with Crippen molar-refractivity contribution in [3.63, 3.8) is 0 Å². The number of pyridine rings is 2. The van der Waals surface area contributed by atoms with Crippen LogP contribution in [0.2, 0.25) is 19.6 Å². The number of hydrogen-bond donors (Lipinski definition) is 0. The Morgan fingerprint density at radius 1 is 0.734 bits per heavy atom. The summed E-state index contributed by atoms with van der Waals surface area (Å²) in [4.78, 5) is 14.7. The summed E-state index contributed by atoms with van der Waals surface area (Å²) in [6.07, 6.45) is 4.13. The zero-order valence-electron chi connectivity index (χ0n) is 39.2. The topological polar surface area (TPSA) is 56.7 Å². The number of benzene rings is 5. The summed E-state index contributed by atoms with van der Waals surface area (Å²) in [6.45, 7) is 25.2. The number of imidazole rings is 1. The van der Waals surface area contributed by atoms with Crippen LogP contribution in [0, 0.1) is 23.5 Å². The molecule has 0 aliphatic rings. The first-order valence-electron chi connectivity index (χ1n) is 22.3. The Morgan fingerprint density at radius 2 is 1.47 bits per heavy atom. The monoisotopic (exact) mass is 1040 g/mol. The first-order valence-corrected chi connectivity index (χ1v) is 25.8. The Balaban J connectivity index is 0.000000246. The average Bonchev–Trinajstić information content (AvgIpc) is 3.81. The minimum absolute atomic E-state index is 0. The number of hydrogen-bond acceptors (Lipinski definition) is 4. The van der Waals surface area contributed by atoms with E-state index in [1.54, 1.807) is 0 Å². The van der Waals surface area contributed by atoms with Gasteiger partial charge in [-0.15, -0.1) is 59.7 Å². The van der Waals surface area contributed by atoms with Gasteiger partial charge in [0.15, 0.2) is 0 Å². The van der Waals surface area contributed by atoms with E-state index in [1.165, 1.54) is 27.4 Å². The molecule has 0 bridgehead atoms. The molecule has 4 heterocycles. The number of rotatable bonds is 8. The molecule has 9 aromatic rings. The van der Waals surface area contributed by atoms with Crippen molar-refractivity contribution in [2.75, 3.05) is 0 Å². The van der Waals surface area contributed by atoms with Gasteiger partial charge in [0.25, 0.3) is 0 Å². The normalized spacial score (nSPS) is 12.1. The number of aromatic nitrogens is 4. The molecule has 5 aromatic carbocycles. The van der Waals surface area contributed by atoms with Gasteiger partial charge < -0.3 is 14.0 Å². The maximum Gasteiger partial charge on any atom is 0.216 e. The van der Waals surface area contributed by atoms with Crippen LogP contribution in [0.5, 0.6) is 0 Å². The molecule has 9 rings (SSSR count). The van der Waals surface area contributed by atoms with Crippen LogP contribution < -0.4 is 5.19 Å². The molecule has 0 N–H and O–H groups in total. The van der Waals surface area contributed by atoms with Crippen molar-refractivity contribution in [2.45, 2.75) is 93.3 Å². The van der Waals surface area contributed by atoms with Crippen LogP contribution >= 0.6 is 0 Å². The van der Waals surface area contributed by atoms with Gasteiger partial charge in [-0.05, 0) is 88.0 Å². The number of para-hydroxylation sites is 2. The second kappa shape index (κ2) is 18.6. The fourth-order valence-corrected chi connectivity index (χ4v) is 9.98. The molecule has 0 spiro atoms. The maximum atomic E-state index is 6.22. The van der Waals surface area contributed by atoms with E-state index in [9.17, 15) is 0 Å². The zero-order chi connectivity index (χ0) is 44.7. The average molecular weight is 1040 g/mol. The SMILES string of the molecule is CC(C)(C)Cc1ccc2c(n1)oc1c[c-]c(-c3nc4ccccc4n3-c3ccc(C(C)(C)C)cc3-c3ccccc3)cc12.CC(C)Cc1cc(-c2[c-]cccc2)ncc1[Si](C)(C)C.[Ir]. The van der Waals surface area contributed by atoms with E-state index in [-0.39, 0.29) is 30.9 Å². The van der Waals surface area contributed by atoms with E-state index in [4.69, 9.17) is 14.4 Å². The Kier molecular flexibility index (Phi) is 13.5. The molecular formula is C57H60IrN4OSi-2. The molecule has 0 aliphatic heterocycles. The van der Waals surface area contributed by atoms with Crippen LogP contribution in [0.15, 0.2) is 138 Å². The van der Waals surface area contributed by atoms with Crippen molar-refractivity contribution in [3.8, 4) is 39.5 Å². The third-order valence-corrected chi connectivity index (χ3v) is 13.5. The third-order valence-electron chi connectivity index (χ3n) is 11.4. The van der Waals surface area contributed by atoms with E-state index in [0.717, 1.165) is 74.3 Å². The molecule has 1 radical (unpaired) electrons. The van der Waals surface area contributed by atoms with Gasteiger partial charge in [0, 0.05) is 48.6 Å². The van der Waals surface area contributed by atoms with Crippen molar-refractivity contribution in [2.24, 2.45) is 11.3 Å². The van der Waals surface area contributed by atoms with Gasteiger partial charge in [-0.25, -0.2) is 4.98 Å². The molecule has 0 aliphatic carbocycles. The molecular weight excluding hydrogens is 977 g/mol. The number of furan rings is 1. The van der Waals surface area contributed by atoms with Crippen molar-refractivity contribution >= 4 is 46.4 Å². The Morgan fingerprint density at radius 3 is 2.16 bits per heavy atom. The molecule has 0 fully saturated rings. The van der Waals surface area contributed by atoms with Gasteiger partial charge in [0.05, 0.1) is 30.5 Å². The van der Waals surface area contributed by atoms with E-state index in [2.05, 4.69) is 200 Å². The minimum Gasteiger partial charge on any atom is -0.486 e. The third kappa shape index (κ3) is 10.2. The van der Waals surface area contributed by atoms with E-state index < -0.39 is 8.07 Å². The fourth-order valence-electron chi connectivity index (χ4n) is 8.39. The molecule has 0 atom stereocenters. The summed E-state index contributed by atoms with van der Waals surface area (Å²) < 4.78 is 8.51. The first kappa shape index (κ1) is 46.5. The maximum absolute atomic E-state index is 6.22. The quantitative estimate of drug-likeness (QED) is 0.112. The molecule has 0 unspecified atom stereocenters. The molecule has 5 nitrogen and oxygen atoms in total. The number of nitrogens with zero attached hydrogens (tertiary/aromatic N) is 4. The standard InChI is InChI=1S/C39H36N3O.C18H24NSi.Ir/c1-38(2,3)24-28-18-19-29-31-22-26(16-21-35(31)43-37(29)40-28)36-41-32-14-10-11-15-34(32)42(36)33-20-17-27(39(4,5)6)23-30(33)25-12-8-7-9-13-25;1-14(2)11-16-12-17(15-9-7-6-8-10-15)19-13-18(16)20(3,4)5;/h7-15,17-23H,24H2,1-6H3;6-9,12-14H,11H2,1-5H3;/q2*-1;. The summed E-state index contributed by atoms with van der Waals surface area (Å²) in [5, 5.41) is 3.51. The molecule has 0 saturated heterocycles. The minimum atomic E-state index is -1.34. The van der Waals surface area contributed by atoms with Crippen molar-refractivity contribution in [1.82, 2.24) is 19.5 Å². The largest absolute Gasteiger partial charge is 0.486 e. The Labute approximate surface area is 394 Å². The second-order valence-corrected chi connectivity index (χ2v) is 25.6. The van der Waals surface area contributed by atoms with Crippen LogP contribution in [-0.4, -0.2) is 27.6 Å². The van der Waals surface area contributed by atoms with Gasteiger partial charge in [-0.3, -0.25) is 4.98 Å². The zero-order valence-corrected chi connectivity index (χ0v) is 42.6. The smallest absolute Gasteiger partial charge is 0.216 e. The first-order chi connectivity index (χ1) is 29.9. The van der Waals surface area contributed by atoms with Crippen LogP contribution in [-0.2, 0) is 38.4 Å². The summed E-state index contributed by atoms with van der Waals surface area (Å²) in [5.74, 6) is 1.51. The van der Waals surface area contributed by atoms with Gasteiger partial charge in [-0.1, -0.05) is 141 Å². The van der Waals surface area contributed by atoms with E-state index in [0.29, 0.717) is 11.6 Å². The summed E-state index contributed by atoms with van der Waals surface area (Å²) in [7, 11) is -1.34. The van der Waals surface area contributed by atoms with Crippen LogP contribution in [0.1, 0.15) is 72.2 Å². The van der Waals surface area contributed by atoms with Crippen molar-refractivity contribution in [3.05, 3.63) is 163 Å². The second-order valence-electron chi connectivity index (χ2n) is 20.6. The van der Waals surface area contributed by atoms with E-state index >= 15 is 0 Å². The van der Waals surface area contributed by atoms with Crippen LogP contribution in [0.25, 0.3) is 72.6 Å². The Hall–Kier alpha value is -5.46. The molecule has 0 amide bonds. The van der Waals surface area contributed by atoms with Crippen LogP contribution in [0.4, 0.5) is 0 Å². The molecule has 4 aromatic heterocycles. The molecule has 329 valence electrons. The number of fused-ring (bicyclic) bond motifs is 4.